The zero-order chi connectivity index (χ0) is 13.1. The summed E-state index contributed by atoms with van der Waals surface area (Å²) in [6, 6.07) is 4.98. The maximum atomic E-state index is 9.81. The Hall–Kier alpha value is -2.08. The number of ether oxygens (including phenoxy) is 1. The average Bonchev–Trinajstić information content (AvgIpc) is 2.80. The van der Waals surface area contributed by atoms with Crippen molar-refractivity contribution in [3.8, 4) is 17.2 Å². The maximum absolute atomic E-state index is 9.81. The van der Waals surface area contributed by atoms with Gasteiger partial charge in [-0.3, -0.25) is 0 Å². The molecule has 0 amide bonds. The zero-order valence-electron chi connectivity index (χ0n) is 10.3. The van der Waals surface area contributed by atoms with Crippen LogP contribution in [0.15, 0.2) is 22.7 Å². The largest absolute Gasteiger partial charge is 0.505 e. The third kappa shape index (κ3) is 2.43. The summed E-state index contributed by atoms with van der Waals surface area (Å²) in [5.41, 5.74) is 6.31. The number of rotatable bonds is 4. The lowest BCUT2D eigenvalue weighted by Crippen LogP contribution is -2.09. The van der Waals surface area contributed by atoms with Crippen molar-refractivity contribution < 1.29 is 14.4 Å². The number of nitrogens with two attached hydrogens (primary N) is 1. The smallest absolute Gasteiger partial charge is 0.261 e. The first-order chi connectivity index (χ1) is 8.61. The van der Waals surface area contributed by atoms with E-state index in [1.807, 2.05) is 6.92 Å². The van der Waals surface area contributed by atoms with Gasteiger partial charge in [0.05, 0.1) is 17.4 Å². The Morgan fingerprint density at radius 2 is 2.28 bits per heavy atom. The molecule has 6 nitrogen and oxygen atoms in total. The molecule has 96 valence electrons. The van der Waals surface area contributed by atoms with Gasteiger partial charge in [0.25, 0.3) is 5.89 Å². The first-order valence-corrected chi connectivity index (χ1v) is 5.55. The molecule has 2 rings (SSSR count). The van der Waals surface area contributed by atoms with Crippen LogP contribution in [-0.4, -0.2) is 28.5 Å². The van der Waals surface area contributed by atoms with E-state index in [1.165, 1.54) is 0 Å². The molecule has 1 atom stereocenters. The second-order valence-corrected chi connectivity index (χ2v) is 4.01. The number of para-hydroxylation sites is 1. The molecule has 0 radical (unpaired) electrons. The molecule has 6 heteroatoms. The highest BCUT2D eigenvalue weighted by Gasteiger charge is 2.15. The summed E-state index contributed by atoms with van der Waals surface area (Å²) >= 11 is 0. The van der Waals surface area contributed by atoms with Gasteiger partial charge < -0.3 is 20.1 Å². The van der Waals surface area contributed by atoms with Crippen LogP contribution in [0, 0.1) is 0 Å². The Bertz CT molecular complexity index is 539. The summed E-state index contributed by atoms with van der Waals surface area (Å²) in [4.78, 5) is 4.20. The van der Waals surface area contributed by atoms with Crippen LogP contribution in [-0.2, 0) is 11.2 Å². The van der Waals surface area contributed by atoms with Crippen molar-refractivity contribution in [3.05, 3.63) is 24.0 Å². The van der Waals surface area contributed by atoms with E-state index in [1.54, 1.807) is 25.3 Å². The highest BCUT2D eigenvalue weighted by atomic mass is 16.5. The molecule has 3 N–H and O–H groups in total. The third-order valence-corrected chi connectivity index (χ3v) is 2.64. The first-order valence-electron chi connectivity index (χ1n) is 5.55. The Morgan fingerprint density at radius 3 is 3.00 bits per heavy atom. The zero-order valence-corrected chi connectivity index (χ0v) is 10.3. The fourth-order valence-electron chi connectivity index (χ4n) is 1.52. The molecule has 0 aliphatic heterocycles. The molecule has 1 aromatic heterocycles. The van der Waals surface area contributed by atoms with Crippen molar-refractivity contribution in [2.24, 2.45) is 0 Å². The van der Waals surface area contributed by atoms with Crippen LogP contribution < -0.4 is 5.73 Å². The SMILES string of the molecule is COC(C)Cc1noc(-c2cccc(N)c2O)n1. The maximum Gasteiger partial charge on any atom is 0.261 e. The molecule has 0 aliphatic carbocycles. The number of aromatic hydroxyl groups is 1. The molecule has 2 aromatic rings. The summed E-state index contributed by atoms with van der Waals surface area (Å²) < 4.78 is 10.2. The van der Waals surface area contributed by atoms with E-state index in [9.17, 15) is 5.11 Å². The minimum absolute atomic E-state index is 0.00453. The second kappa shape index (κ2) is 5.05. The number of benzene rings is 1. The molecular weight excluding hydrogens is 234 g/mol. The van der Waals surface area contributed by atoms with Crippen LogP contribution in [0.3, 0.4) is 0 Å². The summed E-state index contributed by atoms with van der Waals surface area (Å²) in [6.07, 6.45) is 0.549. The van der Waals surface area contributed by atoms with Crippen molar-refractivity contribution in [1.29, 1.82) is 0 Å². The molecule has 0 fully saturated rings. The van der Waals surface area contributed by atoms with Crippen molar-refractivity contribution in [2.75, 3.05) is 12.8 Å². The number of methoxy groups -OCH3 is 1. The van der Waals surface area contributed by atoms with Crippen molar-refractivity contribution in [3.63, 3.8) is 0 Å². The van der Waals surface area contributed by atoms with Crippen LogP contribution in [0.5, 0.6) is 5.75 Å². The van der Waals surface area contributed by atoms with Gasteiger partial charge in [0.15, 0.2) is 11.6 Å². The third-order valence-electron chi connectivity index (χ3n) is 2.64. The molecule has 0 saturated heterocycles. The summed E-state index contributed by atoms with van der Waals surface area (Å²) in [5, 5.41) is 13.6. The van der Waals surface area contributed by atoms with Crippen LogP contribution in [0.4, 0.5) is 5.69 Å². The van der Waals surface area contributed by atoms with Crippen molar-refractivity contribution in [2.45, 2.75) is 19.4 Å². The molecular formula is C12H15N3O3. The van der Waals surface area contributed by atoms with Gasteiger partial charge in [-0.1, -0.05) is 11.2 Å². The number of hydrogen-bond donors (Lipinski definition) is 2. The normalized spacial score (nSPS) is 12.6. The van der Waals surface area contributed by atoms with E-state index in [0.29, 0.717) is 17.8 Å². The second-order valence-electron chi connectivity index (χ2n) is 4.01. The Labute approximate surface area is 104 Å². The molecule has 1 unspecified atom stereocenters. The molecule has 1 aromatic carbocycles. The number of anilines is 1. The minimum Gasteiger partial charge on any atom is -0.505 e. The van der Waals surface area contributed by atoms with Gasteiger partial charge in [0, 0.05) is 13.5 Å². The highest BCUT2D eigenvalue weighted by Crippen LogP contribution is 2.32. The fraction of sp³-hybridized carbons (Fsp3) is 0.333. The molecule has 18 heavy (non-hydrogen) atoms. The summed E-state index contributed by atoms with van der Waals surface area (Å²) in [7, 11) is 1.62. The number of aromatic nitrogens is 2. The van der Waals surface area contributed by atoms with Crippen LogP contribution in [0.25, 0.3) is 11.5 Å². The predicted octanol–water partition coefficient (Wildman–Crippen LogP) is 1.60. The summed E-state index contributed by atoms with van der Waals surface area (Å²) in [6.45, 7) is 1.91. The van der Waals surface area contributed by atoms with Gasteiger partial charge in [-0.25, -0.2) is 0 Å². The number of nitrogens with zero attached hydrogens (tertiary/aromatic N) is 2. The first kappa shape index (κ1) is 12.4. The Kier molecular flexibility index (Phi) is 3.47. The van der Waals surface area contributed by atoms with Crippen molar-refractivity contribution >= 4 is 5.69 Å². The number of hydrogen-bond acceptors (Lipinski definition) is 6. The van der Waals surface area contributed by atoms with Crippen molar-refractivity contribution in [1.82, 2.24) is 10.1 Å². The van der Waals surface area contributed by atoms with E-state index < -0.39 is 0 Å². The van der Waals surface area contributed by atoms with Crippen LogP contribution >= 0.6 is 0 Å². The molecule has 1 heterocycles. The topological polar surface area (TPSA) is 94.4 Å². The lowest BCUT2D eigenvalue weighted by Gasteiger charge is -2.04. The number of nitrogen functional groups attached to an aromatic ring is 1. The lowest BCUT2D eigenvalue weighted by molar-refractivity contribution is 0.116. The number of phenols is 1. The van der Waals surface area contributed by atoms with Gasteiger partial charge in [0.2, 0.25) is 0 Å². The minimum atomic E-state index is -0.0486. The van der Waals surface area contributed by atoms with Gasteiger partial charge in [-0.15, -0.1) is 0 Å². The van der Waals surface area contributed by atoms with E-state index in [2.05, 4.69) is 10.1 Å². The van der Waals surface area contributed by atoms with E-state index in [0.717, 1.165) is 0 Å². The van der Waals surface area contributed by atoms with Crippen LogP contribution in [0.1, 0.15) is 12.7 Å². The molecule has 0 aliphatic rings. The van der Waals surface area contributed by atoms with Gasteiger partial charge >= 0.3 is 0 Å². The van der Waals surface area contributed by atoms with Gasteiger partial charge in [-0.2, -0.15) is 4.98 Å². The monoisotopic (exact) mass is 249 g/mol. The Balaban J connectivity index is 2.27. The molecule has 0 saturated carbocycles. The number of phenolic OH excluding ortho intramolecular Hbond substituents is 1. The standard InChI is InChI=1S/C12H15N3O3/c1-7(17-2)6-10-14-12(18-15-10)8-4-3-5-9(13)11(8)16/h3-5,7,16H,6,13H2,1-2H3. The van der Waals surface area contributed by atoms with E-state index in [-0.39, 0.29) is 23.4 Å². The predicted molar refractivity (Wildman–Crippen MR) is 66.0 cm³/mol. The summed E-state index contributed by atoms with van der Waals surface area (Å²) in [5.74, 6) is 0.728. The quantitative estimate of drug-likeness (QED) is 0.631. The molecule has 0 spiro atoms. The highest BCUT2D eigenvalue weighted by molar-refractivity contribution is 5.71. The van der Waals surface area contributed by atoms with E-state index in [4.69, 9.17) is 15.0 Å². The van der Waals surface area contributed by atoms with Crippen LogP contribution in [0.2, 0.25) is 0 Å². The fourth-order valence-corrected chi connectivity index (χ4v) is 1.52. The van der Waals surface area contributed by atoms with Gasteiger partial charge in [-0.05, 0) is 19.1 Å². The lowest BCUT2D eigenvalue weighted by atomic mass is 10.1. The van der Waals surface area contributed by atoms with E-state index >= 15 is 0 Å². The average molecular weight is 249 g/mol. The molecule has 0 bridgehead atoms. The van der Waals surface area contributed by atoms with Gasteiger partial charge in [0.1, 0.15) is 0 Å². The Morgan fingerprint density at radius 1 is 1.50 bits per heavy atom.